The average Bonchev–Trinajstić information content (AvgIpc) is 2.75. The molecule has 1 aliphatic carbocycles. The first-order valence-corrected chi connectivity index (χ1v) is 11.0. The second-order valence-electron chi connectivity index (χ2n) is 8.75. The van der Waals surface area contributed by atoms with Crippen LogP contribution in [0.4, 0.5) is 16.2 Å². The molecule has 2 aliphatic rings. The molecule has 4 rings (SSSR count). The minimum atomic E-state index is -0.294. The van der Waals surface area contributed by atoms with E-state index in [4.69, 9.17) is 0 Å². The molecular formula is C26H30N2O2. The number of nitrogens with zero attached hydrogens (tertiary/aromatic N) is 2. The van der Waals surface area contributed by atoms with Crippen molar-refractivity contribution in [2.24, 2.45) is 5.92 Å². The highest BCUT2D eigenvalue weighted by molar-refractivity contribution is 6.27. The first kappa shape index (κ1) is 20.4. The maximum absolute atomic E-state index is 13.7. The molecule has 1 aliphatic heterocycles. The number of hydrogen-bond donors (Lipinski definition) is 0. The largest absolute Gasteiger partial charge is 0.336 e. The van der Waals surface area contributed by atoms with Gasteiger partial charge in [0.2, 0.25) is 0 Å². The molecule has 0 spiro atoms. The molecule has 4 nitrogen and oxygen atoms in total. The predicted molar refractivity (Wildman–Crippen MR) is 122 cm³/mol. The van der Waals surface area contributed by atoms with Crippen molar-refractivity contribution in [3.05, 3.63) is 71.8 Å². The monoisotopic (exact) mass is 402 g/mol. The van der Waals surface area contributed by atoms with Crippen LogP contribution in [0.1, 0.15) is 49.7 Å². The van der Waals surface area contributed by atoms with Gasteiger partial charge in [0.15, 0.2) is 0 Å². The van der Waals surface area contributed by atoms with Gasteiger partial charge >= 0.3 is 6.03 Å². The smallest absolute Gasteiger partial charge is 0.286 e. The van der Waals surface area contributed by atoms with E-state index in [1.807, 2.05) is 62.4 Å². The lowest BCUT2D eigenvalue weighted by atomic mass is 9.82. The Morgan fingerprint density at radius 2 is 1.37 bits per heavy atom. The molecule has 2 fully saturated rings. The first-order valence-electron chi connectivity index (χ1n) is 11.0. The van der Waals surface area contributed by atoms with Crippen LogP contribution in [0.15, 0.2) is 60.7 Å². The van der Waals surface area contributed by atoms with Crippen LogP contribution >= 0.6 is 0 Å². The van der Waals surface area contributed by atoms with E-state index in [1.54, 1.807) is 4.90 Å². The fourth-order valence-electron chi connectivity index (χ4n) is 4.67. The molecule has 156 valence electrons. The average molecular weight is 403 g/mol. The lowest BCUT2D eigenvalue weighted by molar-refractivity contribution is -0.115. The minimum Gasteiger partial charge on any atom is -0.286 e. The van der Waals surface area contributed by atoms with Gasteiger partial charge in [0.1, 0.15) is 0 Å². The Kier molecular flexibility index (Phi) is 5.76. The molecule has 0 aromatic heterocycles. The van der Waals surface area contributed by atoms with Crippen LogP contribution < -0.4 is 9.80 Å². The third-order valence-electron chi connectivity index (χ3n) is 6.47. The summed E-state index contributed by atoms with van der Waals surface area (Å²) in [7, 11) is 0. The zero-order valence-corrected chi connectivity index (χ0v) is 17.9. The Morgan fingerprint density at radius 3 is 1.93 bits per heavy atom. The van der Waals surface area contributed by atoms with E-state index in [-0.39, 0.29) is 18.0 Å². The molecule has 4 heteroatoms. The Hall–Kier alpha value is -2.88. The fraction of sp³-hybridized carbons (Fsp3) is 0.385. The van der Waals surface area contributed by atoms with Gasteiger partial charge < -0.3 is 0 Å². The Morgan fingerprint density at radius 1 is 0.833 bits per heavy atom. The molecule has 30 heavy (non-hydrogen) atoms. The number of aryl methyl sites for hydroxylation is 2. The molecule has 2 aromatic carbocycles. The number of rotatable bonds is 4. The standard InChI is InChI=1S/C26H30N2O2/c1-18-9-13-22(14-10-18)27-24(17-21-7-5-4-6-8-21)20(3)25(29)28(26(27)30)23-15-11-19(2)12-16-23/h9-16,21,24H,3-8,17H2,1-2H3. The number of carbonyl (C=O) groups is 2. The van der Waals surface area contributed by atoms with Crippen LogP contribution in [0.2, 0.25) is 0 Å². The predicted octanol–water partition coefficient (Wildman–Crippen LogP) is 6.17. The first-order chi connectivity index (χ1) is 14.5. The van der Waals surface area contributed by atoms with Crippen LogP contribution in [0.25, 0.3) is 0 Å². The maximum Gasteiger partial charge on any atom is 0.336 e. The zero-order valence-electron chi connectivity index (χ0n) is 17.9. The van der Waals surface area contributed by atoms with Crippen LogP contribution in [-0.4, -0.2) is 18.0 Å². The molecule has 0 radical (unpaired) electrons. The van der Waals surface area contributed by atoms with Crippen molar-refractivity contribution < 1.29 is 9.59 Å². The molecule has 3 amide bonds. The molecule has 0 bridgehead atoms. The second kappa shape index (κ2) is 8.47. The van der Waals surface area contributed by atoms with Gasteiger partial charge in [0, 0.05) is 11.3 Å². The highest BCUT2D eigenvalue weighted by Crippen LogP contribution is 2.37. The van der Waals surface area contributed by atoms with E-state index in [1.165, 1.54) is 24.2 Å². The number of imide groups is 1. The third-order valence-corrected chi connectivity index (χ3v) is 6.47. The maximum atomic E-state index is 13.7. The lowest BCUT2D eigenvalue weighted by Crippen LogP contribution is -2.59. The van der Waals surface area contributed by atoms with Gasteiger partial charge in [-0.15, -0.1) is 0 Å². The normalized spacial score (nSPS) is 20.7. The zero-order chi connectivity index (χ0) is 21.3. The molecule has 1 saturated heterocycles. The number of amides is 3. The quantitative estimate of drug-likeness (QED) is 0.574. The number of benzene rings is 2. The summed E-state index contributed by atoms with van der Waals surface area (Å²) in [5.41, 5.74) is 4.13. The van der Waals surface area contributed by atoms with Gasteiger partial charge in [0.25, 0.3) is 5.91 Å². The summed E-state index contributed by atoms with van der Waals surface area (Å²) in [6, 6.07) is 14.9. The summed E-state index contributed by atoms with van der Waals surface area (Å²) in [5.74, 6) is 0.244. The van der Waals surface area contributed by atoms with Gasteiger partial charge in [-0.25, -0.2) is 9.69 Å². The van der Waals surface area contributed by atoms with Crippen molar-refractivity contribution in [2.45, 2.75) is 58.4 Å². The summed E-state index contributed by atoms with van der Waals surface area (Å²) in [4.78, 5) is 30.0. The Bertz CT molecular complexity index is 940. The SMILES string of the molecule is C=C1C(=O)N(c2ccc(C)cc2)C(=O)N(c2ccc(C)cc2)C1CC1CCCCC1. The molecule has 1 unspecified atom stereocenters. The van der Waals surface area contributed by atoms with Crippen molar-refractivity contribution in [1.82, 2.24) is 0 Å². The summed E-state index contributed by atoms with van der Waals surface area (Å²) in [5, 5.41) is 0. The molecule has 1 atom stereocenters. The van der Waals surface area contributed by atoms with Crippen molar-refractivity contribution in [2.75, 3.05) is 9.80 Å². The topological polar surface area (TPSA) is 40.6 Å². The minimum absolute atomic E-state index is 0.284. The number of hydrogen-bond acceptors (Lipinski definition) is 2. The summed E-state index contributed by atoms with van der Waals surface area (Å²) >= 11 is 0. The van der Waals surface area contributed by atoms with Gasteiger partial charge in [-0.3, -0.25) is 9.69 Å². The van der Waals surface area contributed by atoms with Gasteiger partial charge in [-0.2, -0.15) is 0 Å². The fourth-order valence-corrected chi connectivity index (χ4v) is 4.67. The highest BCUT2D eigenvalue weighted by atomic mass is 16.2. The number of anilines is 2. The van der Waals surface area contributed by atoms with E-state index < -0.39 is 0 Å². The molecule has 0 N–H and O–H groups in total. The Balaban J connectivity index is 1.73. The molecule has 2 aromatic rings. The summed E-state index contributed by atoms with van der Waals surface area (Å²) in [6.07, 6.45) is 6.86. The van der Waals surface area contributed by atoms with Crippen LogP contribution in [-0.2, 0) is 4.79 Å². The van der Waals surface area contributed by atoms with E-state index in [0.717, 1.165) is 36.1 Å². The molecule has 1 heterocycles. The number of urea groups is 1. The Labute approximate surface area is 179 Å². The lowest BCUT2D eigenvalue weighted by Gasteiger charge is -2.43. The van der Waals surface area contributed by atoms with E-state index in [0.29, 0.717) is 17.2 Å². The molecule has 1 saturated carbocycles. The summed E-state index contributed by atoms with van der Waals surface area (Å²) < 4.78 is 0. The second-order valence-corrected chi connectivity index (χ2v) is 8.75. The van der Waals surface area contributed by atoms with Crippen LogP contribution in [0, 0.1) is 19.8 Å². The van der Waals surface area contributed by atoms with Gasteiger partial charge in [-0.1, -0.05) is 74.1 Å². The third kappa shape index (κ3) is 3.91. The van der Waals surface area contributed by atoms with Crippen molar-refractivity contribution >= 4 is 23.3 Å². The number of carbonyl (C=O) groups excluding carboxylic acids is 2. The van der Waals surface area contributed by atoms with Gasteiger partial charge in [0.05, 0.1) is 11.7 Å². The van der Waals surface area contributed by atoms with Gasteiger partial charge in [-0.05, 0) is 50.5 Å². The van der Waals surface area contributed by atoms with Crippen molar-refractivity contribution in [1.29, 1.82) is 0 Å². The van der Waals surface area contributed by atoms with Crippen LogP contribution in [0.5, 0.6) is 0 Å². The van der Waals surface area contributed by atoms with Crippen molar-refractivity contribution in [3.8, 4) is 0 Å². The van der Waals surface area contributed by atoms with E-state index >= 15 is 0 Å². The van der Waals surface area contributed by atoms with Crippen molar-refractivity contribution in [3.63, 3.8) is 0 Å². The van der Waals surface area contributed by atoms with Crippen LogP contribution in [0.3, 0.4) is 0 Å². The molecular weight excluding hydrogens is 372 g/mol. The summed E-state index contributed by atoms with van der Waals surface area (Å²) in [6.45, 7) is 8.20. The highest BCUT2D eigenvalue weighted by Gasteiger charge is 2.43. The van der Waals surface area contributed by atoms with E-state index in [9.17, 15) is 9.59 Å². The van der Waals surface area contributed by atoms with E-state index in [2.05, 4.69) is 6.58 Å².